The number of aromatic nitrogens is 1. The van der Waals surface area contributed by atoms with Crippen LogP contribution in [0.3, 0.4) is 0 Å². The van der Waals surface area contributed by atoms with Crippen LogP contribution < -0.4 is 5.32 Å². The maximum Gasteiger partial charge on any atom is 0.318 e. The molecule has 0 aliphatic carbocycles. The minimum atomic E-state index is -0.0442. The van der Waals surface area contributed by atoms with Gasteiger partial charge in [0.1, 0.15) is 5.01 Å². The number of rotatable bonds is 3. The lowest BCUT2D eigenvalue weighted by Gasteiger charge is -2.26. The second-order valence-corrected chi connectivity index (χ2v) is 6.47. The van der Waals surface area contributed by atoms with Gasteiger partial charge in [0.25, 0.3) is 0 Å². The van der Waals surface area contributed by atoms with Crippen LogP contribution >= 0.6 is 11.3 Å². The first-order valence-corrected chi connectivity index (χ1v) is 8.74. The summed E-state index contributed by atoms with van der Waals surface area (Å²) in [6.45, 7) is 4.47. The fourth-order valence-corrected chi connectivity index (χ4v) is 3.39. The Bertz CT molecular complexity index is 644. The van der Waals surface area contributed by atoms with Crippen LogP contribution in [0.2, 0.25) is 0 Å². The summed E-state index contributed by atoms with van der Waals surface area (Å²) in [6.07, 6.45) is 0.877. The maximum atomic E-state index is 12.3. The van der Waals surface area contributed by atoms with E-state index in [1.807, 2.05) is 40.6 Å². The monoisotopic (exact) mass is 331 g/mol. The number of amides is 2. The van der Waals surface area contributed by atoms with Crippen LogP contribution in [0.25, 0.3) is 10.6 Å². The zero-order chi connectivity index (χ0) is 16.1. The fourth-order valence-electron chi connectivity index (χ4n) is 2.57. The van der Waals surface area contributed by atoms with E-state index in [1.165, 1.54) is 0 Å². The van der Waals surface area contributed by atoms with Gasteiger partial charge in [0.15, 0.2) is 0 Å². The first-order valence-electron chi connectivity index (χ1n) is 7.86. The van der Waals surface area contributed by atoms with E-state index in [2.05, 4.69) is 17.2 Å². The third-order valence-corrected chi connectivity index (χ3v) is 4.88. The summed E-state index contributed by atoms with van der Waals surface area (Å²) in [5.74, 6) is 0. The Morgan fingerprint density at radius 2 is 2.22 bits per heavy atom. The average molecular weight is 331 g/mol. The number of hydrogen-bond acceptors (Lipinski definition) is 4. The van der Waals surface area contributed by atoms with Crippen molar-refractivity contribution in [3.05, 3.63) is 41.4 Å². The molecule has 0 spiro atoms. The minimum absolute atomic E-state index is 0.0442. The van der Waals surface area contributed by atoms with Crippen molar-refractivity contribution >= 4 is 17.4 Å². The first-order chi connectivity index (χ1) is 11.2. The minimum Gasteiger partial charge on any atom is -0.380 e. The number of nitrogens with zero attached hydrogens (tertiary/aromatic N) is 2. The van der Waals surface area contributed by atoms with Crippen LogP contribution in [0.5, 0.6) is 0 Å². The molecule has 1 aliphatic rings. The van der Waals surface area contributed by atoms with E-state index in [-0.39, 0.29) is 12.1 Å². The lowest BCUT2D eigenvalue weighted by Crippen LogP contribution is -2.45. The normalized spacial score (nSPS) is 18.5. The van der Waals surface area contributed by atoms with Gasteiger partial charge in [-0.25, -0.2) is 9.78 Å². The summed E-state index contributed by atoms with van der Waals surface area (Å²) >= 11 is 1.60. The standard InChI is InChI=1S/C17H21N3O2S/c1-13-7-9-22-10-8-20(13)17(21)18-11-15-12-23-16(19-15)14-5-3-2-4-6-14/h2-6,12-13H,7-11H2,1H3,(H,18,21)/t13-/m1/s1. The molecule has 2 heterocycles. The molecule has 0 bridgehead atoms. The van der Waals surface area contributed by atoms with Crippen molar-refractivity contribution in [3.63, 3.8) is 0 Å². The van der Waals surface area contributed by atoms with E-state index in [0.717, 1.165) is 29.3 Å². The van der Waals surface area contributed by atoms with Crippen LogP contribution in [0.4, 0.5) is 4.79 Å². The van der Waals surface area contributed by atoms with Crippen molar-refractivity contribution in [1.29, 1.82) is 0 Å². The predicted molar refractivity (Wildman–Crippen MR) is 91.4 cm³/mol. The van der Waals surface area contributed by atoms with E-state index in [0.29, 0.717) is 19.7 Å². The Morgan fingerprint density at radius 1 is 1.39 bits per heavy atom. The van der Waals surface area contributed by atoms with Crippen LogP contribution in [-0.4, -0.2) is 41.7 Å². The van der Waals surface area contributed by atoms with E-state index < -0.39 is 0 Å². The topological polar surface area (TPSA) is 54.5 Å². The molecule has 2 aromatic rings. The molecule has 23 heavy (non-hydrogen) atoms. The Balaban J connectivity index is 1.58. The zero-order valence-electron chi connectivity index (χ0n) is 13.2. The fraction of sp³-hybridized carbons (Fsp3) is 0.412. The maximum absolute atomic E-state index is 12.3. The number of benzene rings is 1. The Hall–Kier alpha value is -1.92. The van der Waals surface area contributed by atoms with Crippen molar-refractivity contribution < 1.29 is 9.53 Å². The van der Waals surface area contributed by atoms with Crippen LogP contribution in [0.15, 0.2) is 35.7 Å². The highest BCUT2D eigenvalue weighted by molar-refractivity contribution is 7.13. The van der Waals surface area contributed by atoms with Gasteiger partial charge in [-0.05, 0) is 13.3 Å². The zero-order valence-corrected chi connectivity index (χ0v) is 14.0. The van der Waals surface area contributed by atoms with E-state index in [9.17, 15) is 4.79 Å². The van der Waals surface area contributed by atoms with Crippen LogP contribution in [-0.2, 0) is 11.3 Å². The number of hydrogen-bond donors (Lipinski definition) is 1. The molecule has 3 rings (SSSR count). The number of ether oxygens (including phenoxy) is 1. The molecule has 2 amide bonds. The molecule has 0 saturated carbocycles. The molecular formula is C17H21N3O2S. The summed E-state index contributed by atoms with van der Waals surface area (Å²) < 4.78 is 5.43. The summed E-state index contributed by atoms with van der Waals surface area (Å²) in [7, 11) is 0. The van der Waals surface area contributed by atoms with Crippen molar-refractivity contribution in [2.75, 3.05) is 19.8 Å². The third kappa shape index (κ3) is 4.09. The molecule has 1 fully saturated rings. The number of carbonyl (C=O) groups excluding carboxylic acids is 1. The van der Waals surface area contributed by atoms with Crippen LogP contribution in [0.1, 0.15) is 19.0 Å². The number of urea groups is 1. The highest BCUT2D eigenvalue weighted by Gasteiger charge is 2.22. The van der Waals surface area contributed by atoms with Gasteiger partial charge in [0.05, 0.1) is 18.8 Å². The average Bonchev–Trinajstić information content (AvgIpc) is 2.95. The quantitative estimate of drug-likeness (QED) is 0.940. The molecule has 1 aromatic carbocycles. The highest BCUT2D eigenvalue weighted by Crippen LogP contribution is 2.23. The molecule has 6 heteroatoms. The van der Waals surface area contributed by atoms with Crippen LogP contribution in [0, 0.1) is 0 Å². The molecule has 1 aliphatic heterocycles. The van der Waals surface area contributed by atoms with Crippen molar-refractivity contribution in [1.82, 2.24) is 15.2 Å². The van der Waals surface area contributed by atoms with Gasteiger partial charge in [-0.2, -0.15) is 0 Å². The molecular weight excluding hydrogens is 310 g/mol. The van der Waals surface area contributed by atoms with Crippen molar-refractivity contribution in [3.8, 4) is 10.6 Å². The Kier molecular flexibility index (Phi) is 5.25. The van der Waals surface area contributed by atoms with E-state index in [4.69, 9.17) is 4.74 Å². The van der Waals surface area contributed by atoms with Gasteiger partial charge >= 0.3 is 6.03 Å². The highest BCUT2D eigenvalue weighted by atomic mass is 32.1. The molecule has 0 radical (unpaired) electrons. The molecule has 1 N–H and O–H groups in total. The smallest absolute Gasteiger partial charge is 0.318 e. The summed E-state index contributed by atoms with van der Waals surface area (Å²) in [6, 6.07) is 10.2. The van der Waals surface area contributed by atoms with E-state index in [1.54, 1.807) is 11.3 Å². The second-order valence-electron chi connectivity index (χ2n) is 5.61. The largest absolute Gasteiger partial charge is 0.380 e. The number of nitrogens with one attached hydrogen (secondary N) is 1. The van der Waals surface area contributed by atoms with Gasteiger partial charge < -0.3 is 15.0 Å². The van der Waals surface area contributed by atoms with Crippen molar-refractivity contribution in [2.24, 2.45) is 0 Å². The van der Waals surface area contributed by atoms with Gasteiger partial charge in [-0.1, -0.05) is 30.3 Å². The molecule has 122 valence electrons. The van der Waals surface area contributed by atoms with Gasteiger partial charge in [-0.3, -0.25) is 0 Å². The molecule has 1 aromatic heterocycles. The molecule has 1 atom stereocenters. The lowest BCUT2D eigenvalue weighted by atomic mass is 10.2. The molecule has 5 nitrogen and oxygen atoms in total. The second kappa shape index (κ2) is 7.57. The summed E-state index contributed by atoms with van der Waals surface area (Å²) in [5.41, 5.74) is 1.99. The van der Waals surface area contributed by atoms with Gasteiger partial charge in [-0.15, -0.1) is 11.3 Å². The summed E-state index contributed by atoms with van der Waals surface area (Å²) in [5, 5.41) is 5.94. The van der Waals surface area contributed by atoms with Gasteiger partial charge in [0, 0.05) is 30.1 Å². The number of thiazole rings is 1. The lowest BCUT2D eigenvalue weighted by molar-refractivity contribution is 0.142. The SMILES string of the molecule is C[C@@H]1CCOCCN1C(=O)NCc1csc(-c2ccccc2)n1. The molecule has 1 saturated heterocycles. The van der Waals surface area contributed by atoms with E-state index >= 15 is 0 Å². The number of carbonyl (C=O) groups is 1. The summed E-state index contributed by atoms with van der Waals surface area (Å²) in [4.78, 5) is 18.8. The third-order valence-electron chi connectivity index (χ3n) is 3.94. The van der Waals surface area contributed by atoms with Crippen molar-refractivity contribution in [2.45, 2.75) is 25.9 Å². The first kappa shape index (κ1) is 16.0. The Morgan fingerprint density at radius 3 is 3.04 bits per heavy atom. The Labute approximate surface area is 140 Å². The molecule has 0 unspecified atom stereocenters. The predicted octanol–water partition coefficient (Wildman–Crippen LogP) is 3.13. The van der Waals surface area contributed by atoms with Gasteiger partial charge in [0.2, 0.25) is 0 Å².